The van der Waals surface area contributed by atoms with Gasteiger partial charge in [-0.1, -0.05) is 53.5 Å². The van der Waals surface area contributed by atoms with Crippen LogP contribution >= 0.6 is 23.2 Å². The highest BCUT2D eigenvalue weighted by Gasteiger charge is 2.21. The minimum Gasteiger partial charge on any atom is -0.344 e. The lowest BCUT2D eigenvalue weighted by Crippen LogP contribution is -2.39. The second-order valence-corrected chi connectivity index (χ2v) is 8.01. The molecule has 33 heavy (non-hydrogen) atoms. The SMILES string of the molecule is O=C(NCc1ccc(Cl)cc1)C(=O)Nn1c(C(=O)Nc2ccccc2)cc2cc(Cl)ccc21. The summed E-state index contributed by atoms with van der Waals surface area (Å²) in [5, 5.41) is 6.99. The van der Waals surface area contributed by atoms with E-state index in [0.29, 0.717) is 26.6 Å². The number of fused-ring (bicyclic) bond motifs is 1. The average molecular weight is 481 g/mol. The topological polar surface area (TPSA) is 92.2 Å². The number of halogens is 2. The Morgan fingerprint density at radius 1 is 0.788 bits per heavy atom. The smallest absolute Gasteiger partial charge is 0.328 e. The molecule has 1 aromatic heterocycles. The van der Waals surface area contributed by atoms with E-state index in [-0.39, 0.29) is 12.2 Å². The molecule has 9 heteroatoms. The molecule has 0 unspecified atom stereocenters. The first-order valence-electron chi connectivity index (χ1n) is 9.92. The highest BCUT2D eigenvalue weighted by atomic mass is 35.5. The summed E-state index contributed by atoms with van der Waals surface area (Å²) in [6.45, 7) is 0.146. The lowest BCUT2D eigenvalue weighted by Gasteiger charge is -2.13. The number of para-hydroxylation sites is 1. The third-order valence-corrected chi connectivity index (χ3v) is 5.30. The quantitative estimate of drug-likeness (QED) is 0.364. The second kappa shape index (κ2) is 9.77. The molecular weight excluding hydrogens is 463 g/mol. The van der Waals surface area contributed by atoms with E-state index < -0.39 is 17.7 Å². The zero-order valence-corrected chi connectivity index (χ0v) is 18.7. The van der Waals surface area contributed by atoms with Gasteiger partial charge in [-0.05, 0) is 54.1 Å². The van der Waals surface area contributed by atoms with Gasteiger partial charge in [0.15, 0.2) is 0 Å². The molecule has 0 saturated heterocycles. The Hall–Kier alpha value is -3.81. The van der Waals surface area contributed by atoms with Gasteiger partial charge in [-0.25, -0.2) is 4.68 Å². The van der Waals surface area contributed by atoms with Gasteiger partial charge in [-0.2, -0.15) is 0 Å². The molecule has 0 bridgehead atoms. The van der Waals surface area contributed by atoms with Crippen molar-refractivity contribution in [3.63, 3.8) is 0 Å². The van der Waals surface area contributed by atoms with Crippen molar-refractivity contribution in [1.82, 2.24) is 9.99 Å². The summed E-state index contributed by atoms with van der Waals surface area (Å²) in [4.78, 5) is 37.9. The maximum Gasteiger partial charge on any atom is 0.328 e. The number of rotatable bonds is 5. The summed E-state index contributed by atoms with van der Waals surface area (Å²) in [5.41, 5.74) is 4.52. The van der Waals surface area contributed by atoms with Crippen molar-refractivity contribution in [3.8, 4) is 0 Å². The fourth-order valence-corrected chi connectivity index (χ4v) is 3.51. The Bertz CT molecular complexity index is 1340. The van der Waals surface area contributed by atoms with Gasteiger partial charge in [-0.3, -0.25) is 19.8 Å². The van der Waals surface area contributed by atoms with Gasteiger partial charge in [0.1, 0.15) is 5.69 Å². The van der Waals surface area contributed by atoms with E-state index in [1.165, 1.54) is 4.68 Å². The summed E-state index contributed by atoms with van der Waals surface area (Å²) in [5.74, 6) is -2.24. The molecule has 3 aromatic carbocycles. The summed E-state index contributed by atoms with van der Waals surface area (Å²) in [7, 11) is 0. The number of carbonyl (C=O) groups excluding carboxylic acids is 3. The van der Waals surface area contributed by atoms with Gasteiger partial charge in [0.05, 0.1) is 5.52 Å². The van der Waals surface area contributed by atoms with Gasteiger partial charge >= 0.3 is 11.8 Å². The average Bonchev–Trinajstić information content (AvgIpc) is 3.16. The molecule has 1 heterocycles. The first-order valence-corrected chi connectivity index (χ1v) is 10.7. The Balaban J connectivity index is 1.55. The molecule has 0 saturated carbocycles. The van der Waals surface area contributed by atoms with Crippen LogP contribution in [0, 0.1) is 0 Å². The van der Waals surface area contributed by atoms with E-state index in [1.807, 2.05) is 6.07 Å². The van der Waals surface area contributed by atoms with Crippen molar-refractivity contribution in [2.45, 2.75) is 6.54 Å². The van der Waals surface area contributed by atoms with Gasteiger partial charge in [0.25, 0.3) is 5.91 Å². The predicted octanol–water partition coefficient (Wildman–Crippen LogP) is 4.59. The van der Waals surface area contributed by atoms with Crippen molar-refractivity contribution in [2.75, 3.05) is 10.7 Å². The van der Waals surface area contributed by atoms with E-state index in [2.05, 4.69) is 16.1 Å². The van der Waals surface area contributed by atoms with E-state index in [9.17, 15) is 14.4 Å². The molecule has 0 aliphatic heterocycles. The molecule has 3 amide bonds. The number of hydrogen-bond acceptors (Lipinski definition) is 3. The van der Waals surface area contributed by atoms with Crippen molar-refractivity contribution in [3.05, 3.63) is 100 Å². The van der Waals surface area contributed by atoms with Crippen LogP contribution in [0.4, 0.5) is 5.69 Å². The van der Waals surface area contributed by atoms with Crippen molar-refractivity contribution >= 4 is 57.5 Å². The first kappa shape index (κ1) is 22.4. The lowest BCUT2D eigenvalue weighted by molar-refractivity contribution is -0.136. The molecular formula is C24H18Cl2N4O3. The van der Waals surface area contributed by atoms with Gasteiger partial charge in [-0.15, -0.1) is 0 Å². The van der Waals surface area contributed by atoms with Crippen molar-refractivity contribution in [1.29, 1.82) is 0 Å². The molecule has 3 N–H and O–H groups in total. The number of benzene rings is 3. The van der Waals surface area contributed by atoms with E-state index in [4.69, 9.17) is 23.2 Å². The fourth-order valence-electron chi connectivity index (χ4n) is 3.21. The van der Waals surface area contributed by atoms with Crippen LogP contribution in [0.1, 0.15) is 16.1 Å². The van der Waals surface area contributed by atoms with Gasteiger partial charge in [0, 0.05) is 27.7 Å². The highest BCUT2D eigenvalue weighted by molar-refractivity contribution is 6.38. The van der Waals surface area contributed by atoms with Crippen LogP contribution in [0.25, 0.3) is 10.9 Å². The first-order chi connectivity index (χ1) is 15.9. The molecule has 4 aromatic rings. The van der Waals surface area contributed by atoms with Crippen LogP contribution in [-0.2, 0) is 16.1 Å². The third-order valence-electron chi connectivity index (χ3n) is 4.81. The largest absolute Gasteiger partial charge is 0.344 e. The lowest BCUT2D eigenvalue weighted by atomic mass is 10.2. The molecule has 0 aliphatic rings. The second-order valence-electron chi connectivity index (χ2n) is 7.14. The summed E-state index contributed by atoms with van der Waals surface area (Å²) >= 11 is 11.9. The fraction of sp³-hybridized carbons (Fsp3) is 0.0417. The Morgan fingerprint density at radius 3 is 2.21 bits per heavy atom. The van der Waals surface area contributed by atoms with E-state index in [0.717, 1.165) is 5.56 Å². The Labute approximate surface area is 199 Å². The van der Waals surface area contributed by atoms with Gasteiger partial charge in [0.2, 0.25) is 0 Å². The number of hydrogen-bond donors (Lipinski definition) is 3. The zero-order chi connectivity index (χ0) is 23.4. The van der Waals surface area contributed by atoms with Crippen molar-refractivity contribution < 1.29 is 14.4 Å². The van der Waals surface area contributed by atoms with Crippen LogP contribution in [0.5, 0.6) is 0 Å². The van der Waals surface area contributed by atoms with Crippen molar-refractivity contribution in [2.24, 2.45) is 0 Å². The Morgan fingerprint density at radius 2 is 1.48 bits per heavy atom. The maximum atomic E-state index is 13.0. The third kappa shape index (κ3) is 5.34. The standard InChI is InChI=1S/C24H18Cl2N4O3/c25-17-8-6-15(7-9-17)14-27-23(32)24(33)29-30-20-11-10-18(26)12-16(20)13-21(30)22(31)28-19-4-2-1-3-5-19/h1-13H,14H2,(H,27,32)(H,28,31)(H,29,33). The number of amides is 3. The zero-order valence-electron chi connectivity index (χ0n) is 17.1. The molecule has 0 aliphatic carbocycles. The number of aromatic nitrogens is 1. The van der Waals surface area contributed by atoms with E-state index >= 15 is 0 Å². The number of carbonyl (C=O) groups is 3. The van der Waals surface area contributed by atoms with E-state index in [1.54, 1.807) is 72.8 Å². The van der Waals surface area contributed by atoms with Crippen LogP contribution in [0.2, 0.25) is 10.0 Å². The predicted molar refractivity (Wildman–Crippen MR) is 129 cm³/mol. The summed E-state index contributed by atoms with van der Waals surface area (Å²) in [6, 6.07) is 22.3. The molecule has 0 fully saturated rings. The minimum atomic E-state index is -0.926. The summed E-state index contributed by atoms with van der Waals surface area (Å²) < 4.78 is 1.27. The monoisotopic (exact) mass is 480 g/mol. The molecule has 0 radical (unpaired) electrons. The van der Waals surface area contributed by atoms with Crippen LogP contribution in [0.3, 0.4) is 0 Å². The molecule has 7 nitrogen and oxygen atoms in total. The number of anilines is 1. The maximum absolute atomic E-state index is 13.0. The van der Waals surface area contributed by atoms with Crippen LogP contribution < -0.4 is 16.1 Å². The minimum absolute atomic E-state index is 0.134. The summed E-state index contributed by atoms with van der Waals surface area (Å²) in [6.07, 6.45) is 0. The van der Waals surface area contributed by atoms with Crippen LogP contribution in [-0.4, -0.2) is 22.4 Å². The number of nitrogens with one attached hydrogen (secondary N) is 3. The Kier molecular flexibility index (Phi) is 6.63. The van der Waals surface area contributed by atoms with Crippen LogP contribution in [0.15, 0.2) is 78.9 Å². The molecule has 4 rings (SSSR count). The number of nitrogens with zero attached hydrogens (tertiary/aromatic N) is 1. The molecule has 0 atom stereocenters. The molecule has 0 spiro atoms. The normalized spacial score (nSPS) is 10.6. The molecule has 166 valence electrons. The van der Waals surface area contributed by atoms with Gasteiger partial charge < -0.3 is 10.6 Å². The highest BCUT2D eigenvalue weighted by Crippen LogP contribution is 2.23.